The van der Waals surface area contributed by atoms with E-state index in [0.717, 1.165) is 24.2 Å². The fourth-order valence-corrected chi connectivity index (χ4v) is 4.89. The number of nitro benzene ring substituents is 1. The van der Waals surface area contributed by atoms with E-state index in [4.69, 9.17) is 4.99 Å². The smallest absolute Gasteiger partial charge is 0.270 e. The van der Waals surface area contributed by atoms with E-state index in [0.29, 0.717) is 22.2 Å². The lowest BCUT2D eigenvalue weighted by Crippen LogP contribution is -2.26. The molecule has 36 heavy (non-hydrogen) atoms. The summed E-state index contributed by atoms with van der Waals surface area (Å²) in [7, 11) is 0. The van der Waals surface area contributed by atoms with Crippen LogP contribution in [0.25, 0.3) is 10.9 Å². The third-order valence-electron chi connectivity index (χ3n) is 6.85. The van der Waals surface area contributed by atoms with Crippen LogP contribution in [0, 0.1) is 10.1 Å². The number of fused-ring (bicyclic) bond motifs is 1. The molecule has 3 aromatic carbocycles. The van der Waals surface area contributed by atoms with E-state index in [1.165, 1.54) is 56.5 Å². The molecule has 2 heterocycles. The Morgan fingerprint density at radius 1 is 0.972 bits per heavy atom. The molecule has 0 amide bonds. The van der Waals surface area contributed by atoms with Crippen LogP contribution in [0.5, 0.6) is 5.88 Å². The van der Waals surface area contributed by atoms with E-state index in [9.17, 15) is 15.2 Å². The van der Waals surface area contributed by atoms with Gasteiger partial charge < -0.3 is 15.0 Å². The number of benzene rings is 3. The van der Waals surface area contributed by atoms with E-state index < -0.39 is 4.92 Å². The van der Waals surface area contributed by atoms with Crippen LogP contribution in [0.4, 0.5) is 11.4 Å². The van der Waals surface area contributed by atoms with Gasteiger partial charge in [-0.1, -0.05) is 55.3 Å². The minimum atomic E-state index is -0.434. The zero-order valence-corrected chi connectivity index (χ0v) is 20.2. The fourth-order valence-electron chi connectivity index (χ4n) is 4.89. The van der Waals surface area contributed by atoms with Crippen molar-refractivity contribution in [1.29, 1.82) is 0 Å². The Morgan fingerprint density at radius 2 is 1.69 bits per heavy atom. The predicted molar refractivity (Wildman–Crippen MR) is 143 cm³/mol. The van der Waals surface area contributed by atoms with Crippen molar-refractivity contribution in [1.82, 2.24) is 9.88 Å². The van der Waals surface area contributed by atoms with E-state index >= 15 is 0 Å². The number of likely N-dealkylation sites (tertiary alicyclic amines) is 1. The Hall–Kier alpha value is -3.97. The molecule has 2 N–H and O–H groups in total. The molecule has 184 valence electrons. The Kier molecular flexibility index (Phi) is 7.09. The van der Waals surface area contributed by atoms with Gasteiger partial charge in [-0.05, 0) is 56.1 Å². The number of nitro groups is 1. The molecular formula is C29H30N4O3. The third-order valence-corrected chi connectivity index (χ3v) is 6.85. The van der Waals surface area contributed by atoms with Gasteiger partial charge in [0.2, 0.25) is 0 Å². The molecule has 0 saturated carbocycles. The monoisotopic (exact) mass is 482 g/mol. The van der Waals surface area contributed by atoms with Crippen LogP contribution < -0.4 is 0 Å². The molecule has 1 aliphatic rings. The topological polar surface area (TPSA) is 94.8 Å². The average molecular weight is 483 g/mol. The summed E-state index contributed by atoms with van der Waals surface area (Å²) >= 11 is 0. The van der Waals surface area contributed by atoms with E-state index in [1.807, 2.05) is 42.5 Å². The maximum absolute atomic E-state index is 11.4. The lowest BCUT2D eigenvalue weighted by Gasteiger charge is -2.19. The summed E-state index contributed by atoms with van der Waals surface area (Å²) in [6.07, 6.45) is 6.26. The number of rotatable bonds is 7. The highest BCUT2D eigenvalue weighted by Crippen LogP contribution is 2.33. The second kappa shape index (κ2) is 10.7. The van der Waals surface area contributed by atoms with Crippen LogP contribution in [-0.4, -0.2) is 45.3 Å². The maximum Gasteiger partial charge on any atom is 0.270 e. The quantitative estimate of drug-likeness (QED) is 0.182. The lowest BCUT2D eigenvalue weighted by molar-refractivity contribution is -0.384. The van der Waals surface area contributed by atoms with Crippen molar-refractivity contribution in [3.05, 3.63) is 99.6 Å². The van der Waals surface area contributed by atoms with Crippen molar-refractivity contribution in [3.8, 4) is 5.88 Å². The van der Waals surface area contributed by atoms with Crippen LogP contribution in [0.2, 0.25) is 0 Å². The van der Waals surface area contributed by atoms with Gasteiger partial charge in [0.1, 0.15) is 0 Å². The minimum absolute atomic E-state index is 0.0380. The van der Waals surface area contributed by atoms with Crippen molar-refractivity contribution in [2.45, 2.75) is 32.1 Å². The van der Waals surface area contributed by atoms with Crippen molar-refractivity contribution >= 4 is 28.0 Å². The highest BCUT2D eigenvalue weighted by atomic mass is 16.6. The molecule has 1 saturated heterocycles. The molecule has 7 heteroatoms. The van der Waals surface area contributed by atoms with Gasteiger partial charge in [-0.15, -0.1) is 0 Å². The van der Waals surface area contributed by atoms with E-state index in [1.54, 1.807) is 6.07 Å². The average Bonchev–Trinajstić information content (AvgIpc) is 3.04. The van der Waals surface area contributed by atoms with Crippen LogP contribution in [-0.2, 0) is 6.42 Å². The largest absolute Gasteiger partial charge is 0.494 e. The van der Waals surface area contributed by atoms with Crippen molar-refractivity contribution in [3.63, 3.8) is 0 Å². The molecule has 0 unspecified atom stereocenters. The molecule has 7 nitrogen and oxygen atoms in total. The SMILES string of the molecule is O=[N+]([O-])c1ccc2[nH]c(O)c(C(=Nc3ccc(CCN4CCCCCC4)cc3)c3ccccc3)c2c1. The summed E-state index contributed by atoms with van der Waals surface area (Å²) in [4.78, 5) is 21.4. The molecule has 0 bridgehead atoms. The molecule has 0 atom stereocenters. The maximum atomic E-state index is 11.4. The third kappa shape index (κ3) is 5.31. The highest BCUT2D eigenvalue weighted by Gasteiger charge is 2.21. The van der Waals surface area contributed by atoms with Crippen molar-refractivity contribution < 1.29 is 10.0 Å². The first kappa shape index (κ1) is 23.8. The zero-order valence-electron chi connectivity index (χ0n) is 20.2. The highest BCUT2D eigenvalue weighted by molar-refractivity contribution is 6.22. The van der Waals surface area contributed by atoms with Crippen LogP contribution in [0.15, 0.2) is 77.8 Å². The van der Waals surface area contributed by atoms with E-state index in [-0.39, 0.29) is 11.6 Å². The first-order valence-corrected chi connectivity index (χ1v) is 12.5. The molecule has 1 fully saturated rings. The van der Waals surface area contributed by atoms with Crippen LogP contribution in [0.1, 0.15) is 42.4 Å². The number of aliphatic imine (C=N–C) groups is 1. The number of non-ortho nitro benzene ring substituents is 1. The molecule has 5 rings (SSSR count). The fraction of sp³-hybridized carbons (Fsp3) is 0.276. The van der Waals surface area contributed by atoms with Gasteiger partial charge in [-0.3, -0.25) is 10.1 Å². The molecule has 0 spiro atoms. The summed E-state index contributed by atoms with van der Waals surface area (Å²) in [6, 6.07) is 22.3. The Labute approximate surface area is 210 Å². The first-order valence-electron chi connectivity index (χ1n) is 12.5. The molecule has 1 aliphatic heterocycles. The van der Waals surface area contributed by atoms with Crippen molar-refractivity contribution in [2.75, 3.05) is 19.6 Å². The number of H-pyrrole nitrogens is 1. The summed E-state index contributed by atoms with van der Waals surface area (Å²) in [6.45, 7) is 3.45. The predicted octanol–water partition coefficient (Wildman–Crippen LogP) is 6.37. The summed E-state index contributed by atoms with van der Waals surface area (Å²) in [5, 5.41) is 22.8. The number of aromatic nitrogens is 1. The zero-order chi connectivity index (χ0) is 24.9. The Morgan fingerprint density at radius 3 is 2.39 bits per heavy atom. The lowest BCUT2D eigenvalue weighted by atomic mass is 10.0. The Balaban J connectivity index is 1.47. The minimum Gasteiger partial charge on any atom is -0.494 e. The van der Waals surface area contributed by atoms with E-state index in [2.05, 4.69) is 22.0 Å². The Bertz CT molecular complexity index is 1370. The van der Waals surface area contributed by atoms with Crippen LogP contribution >= 0.6 is 0 Å². The van der Waals surface area contributed by atoms with Gasteiger partial charge in [-0.2, -0.15) is 0 Å². The van der Waals surface area contributed by atoms with Crippen LogP contribution in [0.3, 0.4) is 0 Å². The van der Waals surface area contributed by atoms with Gasteiger partial charge in [0.25, 0.3) is 5.69 Å². The number of nitrogens with one attached hydrogen (secondary N) is 1. The number of hydrogen-bond donors (Lipinski definition) is 2. The number of hydrogen-bond acceptors (Lipinski definition) is 5. The standard InChI is InChI=1S/C29H30N4O3/c34-29-27(25-20-24(33(35)36)14-15-26(25)31-29)28(22-8-4-3-5-9-22)30-23-12-10-21(11-13-23)16-19-32-17-6-1-2-7-18-32/h3-5,8-15,20,31,34H,1-2,6-7,16-19H2. The summed E-state index contributed by atoms with van der Waals surface area (Å²) in [5.74, 6) is -0.0674. The second-order valence-corrected chi connectivity index (χ2v) is 9.33. The van der Waals surface area contributed by atoms with Gasteiger partial charge in [0.05, 0.1) is 21.9 Å². The number of aromatic hydroxyl groups is 1. The van der Waals surface area contributed by atoms with Gasteiger partial charge >= 0.3 is 0 Å². The molecule has 4 aromatic rings. The van der Waals surface area contributed by atoms with Gasteiger partial charge in [0.15, 0.2) is 5.88 Å². The molecule has 1 aromatic heterocycles. The van der Waals surface area contributed by atoms with Crippen molar-refractivity contribution in [2.24, 2.45) is 4.99 Å². The molecule has 0 radical (unpaired) electrons. The summed E-state index contributed by atoms with van der Waals surface area (Å²) in [5.41, 5.74) is 4.41. The normalized spacial score (nSPS) is 15.2. The summed E-state index contributed by atoms with van der Waals surface area (Å²) < 4.78 is 0. The first-order chi connectivity index (χ1) is 17.6. The van der Waals surface area contributed by atoms with Gasteiger partial charge in [-0.25, -0.2) is 4.99 Å². The van der Waals surface area contributed by atoms with Gasteiger partial charge in [0, 0.05) is 35.1 Å². The molecular weight excluding hydrogens is 452 g/mol. The number of nitrogens with zero attached hydrogens (tertiary/aromatic N) is 3. The number of aromatic amines is 1. The second-order valence-electron chi connectivity index (χ2n) is 9.33. The molecule has 0 aliphatic carbocycles.